The smallest absolute Gasteiger partial charge is 0.0723 e. The number of hydrogen-bond acceptors (Lipinski definition) is 1. The lowest BCUT2D eigenvalue weighted by Crippen LogP contribution is -1.96. The summed E-state index contributed by atoms with van der Waals surface area (Å²) in [5, 5.41) is 11.2. The summed E-state index contributed by atoms with van der Waals surface area (Å²) < 4.78 is 4.72. The Morgan fingerprint density at radius 1 is 0.450 bits per heavy atom. The molecule has 0 saturated carbocycles. The highest BCUT2D eigenvalue weighted by atomic mass is 15.0. The molecule has 0 amide bonds. The molecule has 9 aromatic rings. The van der Waals surface area contributed by atoms with Gasteiger partial charge >= 0.3 is 0 Å². The second kappa shape index (κ2) is 8.05. The quantitative estimate of drug-likeness (QED) is 0.227. The van der Waals surface area contributed by atoms with E-state index in [2.05, 4.69) is 142 Å². The lowest BCUT2D eigenvalue weighted by molar-refractivity contribution is 1.13. The van der Waals surface area contributed by atoms with Crippen LogP contribution in [0.5, 0.6) is 0 Å². The molecule has 0 aliphatic carbocycles. The monoisotopic (exact) mass is 509 g/mol. The number of aromatic nitrogens is 3. The van der Waals surface area contributed by atoms with Gasteiger partial charge in [0.2, 0.25) is 0 Å². The van der Waals surface area contributed by atoms with Crippen LogP contribution in [0.2, 0.25) is 0 Å². The zero-order valence-electron chi connectivity index (χ0n) is 21.6. The van der Waals surface area contributed by atoms with Crippen LogP contribution in [-0.4, -0.2) is 14.1 Å². The summed E-state index contributed by atoms with van der Waals surface area (Å²) in [4.78, 5) is 4.66. The maximum absolute atomic E-state index is 4.66. The molecule has 9 rings (SSSR count). The number of benzene rings is 6. The number of fused-ring (bicyclic) bond motifs is 10. The van der Waals surface area contributed by atoms with Crippen molar-refractivity contribution in [2.45, 2.75) is 0 Å². The van der Waals surface area contributed by atoms with Crippen molar-refractivity contribution in [3.63, 3.8) is 0 Å². The van der Waals surface area contributed by atoms with Crippen LogP contribution in [0.3, 0.4) is 0 Å². The lowest BCUT2D eigenvalue weighted by Gasteiger charge is -2.12. The van der Waals surface area contributed by atoms with Gasteiger partial charge in [0.1, 0.15) is 0 Å². The van der Waals surface area contributed by atoms with E-state index in [0.29, 0.717) is 0 Å². The van der Waals surface area contributed by atoms with Crippen molar-refractivity contribution < 1.29 is 0 Å². The van der Waals surface area contributed by atoms with E-state index in [1.807, 2.05) is 12.4 Å². The third-order valence-corrected chi connectivity index (χ3v) is 8.39. The van der Waals surface area contributed by atoms with E-state index in [0.717, 1.165) is 11.1 Å². The average Bonchev–Trinajstić information content (AvgIpc) is 3.61. The van der Waals surface area contributed by atoms with Gasteiger partial charge in [0, 0.05) is 50.4 Å². The topological polar surface area (TPSA) is 22.8 Å². The number of rotatable bonds is 2. The van der Waals surface area contributed by atoms with Crippen LogP contribution in [0.1, 0.15) is 0 Å². The minimum Gasteiger partial charge on any atom is -0.316 e. The van der Waals surface area contributed by atoms with E-state index in [1.165, 1.54) is 65.3 Å². The van der Waals surface area contributed by atoms with E-state index < -0.39 is 0 Å². The molecule has 0 bridgehead atoms. The maximum Gasteiger partial charge on any atom is 0.0723 e. The van der Waals surface area contributed by atoms with Crippen molar-refractivity contribution >= 4 is 65.0 Å². The standard InChI is InChI=1S/C37H23N3/c1-2-10-27(11-3-1)39-21-20-25-14-16-30-31(37(25)39)17-19-33-36(30)35-29-13-7-4-8-24(29)15-18-32(35)40(33)34-23-38-22-26-9-5-6-12-28(26)34/h1-23H. The molecule has 0 atom stereocenters. The Labute approximate surface area is 230 Å². The minimum absolute atomic E-state index is 1.10. The van der Waals surface area contributed by atoms with Crippen LogP contribution in [0, 0.1) is 0 Å². The summed E-state index contributed by atoms with van der Waals surface area (Å²) in [7, 11) is 0. The third-order valence-electron chi connectivity index (χ3n) is 8.39. The summed E-state index contributed by atoms with van der Waals surface area (Å²) in [5.41, 5.74) is 5.88. The Morgan fingerprint density at radius 2 is 1.12 bits per heavy atom. The van der Waals surface area contributed by atoms with E-state index in [9.17, 15) is 0 Å². The van der Waals surface area contributed by atoms with Crippen LogP contribution >= 0.6 is 0 Å². The summed E-state index contributed by atoms with van der Waals surface area (Å²) in [6.07, 6.45) is 6.14. The van der Waals surface area contributed by atoms with Crippen molar-refractivity contribution in [2.24, 2.45) is 0 Å². The Bertz CT molecular complexity index is 2420. The lowest BCUT2D eigenvalue weighted by atomic mass is 9.98. The molecule has 0 aliphatic heterocycles. The Balaban J connectivity index is 1.51. The largest absolute Gasteiger partial charge is 0.316 e. The number of para-hydroxylation sites is 1. The highest BCUT2D eigenvalue weighted by molar-refractivity contribution is 6.30. The fourth-order valence-electron chi connectivity index (χ4n) is 6.66. The predicted octanol–water partition coefficient (Wildman–Crippen LogP) is 9.58. The van der Waals surface area contributed by atoms with E-state index in [1.54, 1.807) is 0 Å². The second-order valence-corrected chi connectivity index (χ2v) is 10.5. The molecule has 40 heavy (non-hydrogen) atoms. The molecule has 3 heterocycles. The second-order valence-electron chi connectivity index (χ2n) is 10.5. The molecule has 3 heteroatoms. The molecule has 0 saturated heterocycles. The van der Waals surface area contributed by atoms with Gasteiger partial charge in [-0.15, -0.1) is 0 Å². The molecule has 3 aromatic heterocycles. The van der Waals surface area contributed by atoms with Gasteiger partial charge in [-0.3, -0.25) is 4.98 Å². The van der Waals surface area contributed by atoms with Gasteiger partial charge in [-0.25, -0.2) is 0 Å². The first-order chi connectivity index (χ1) is 19.9. The van der Waals surface area contributed by atoms with E-state index in [-0.39, 0.29) is 0 Å². The summed E-state index contributed by atoms with van der Waals surface area (Å²) >= 11 is 0. The van der Waals surface area contributed by atoms with Gasteiger partial charge in [0.25, 0.3) is 0 Å². The van der Waals surface area contributed by atoms with Gasteiger partial charge in [0.15, 0.2) is 0 Å². The van der Waals surface area contributed by atoms with Gasteiger partial charge in [0.05, 0.1) is 28.4 Å². The zero-order chi connectivity index (χ0) is 26.2. The van der Waals surface area contributed by atoms with E-state index >= 15 is 0 Å². The third kappa shape index (κ3) is 2.86. The normalized spacial score (nSPS) is 12.0. The summed E-state index contributed by atoms with van der Waals surface area (Å²) in [6, 6.07) is 43.8. The molecule has 0 spiro atoms. The fourth-order valence-corrected chi connectivity index (χ4v) is 6.66. The van der Waals surface area contributed by atoms with Crippen molar-refractivity contribution in [2.75, 3.05) is 0 Å². The Kier molecular flexibility index (Phi) is 4.33. The molecule has 6 aromatic carbocycles. The van der Waals surface area contributed by atoms with Crippen LogP contribution in [0.4, 0.5) is 0 Å². The highest BCUT2D eigenvalue weighted by Crippen LogP contribution is 2.43. The van der Waals surface area contributed by atoms with Crippen LogP contribution in [-0.2, 0) is 0 Å². The summed E-state index contributed by atoms with van der Waals surface area (Å²) in [6.45, 7) is 0. The van der Waals surface area contributed by atoms with Crippen LogP contribution in [0.25, 0.3) is 76.4 Å². The van der Waals surface area contributed by atoms with Crippen molar-refractivity contribution in [1.82, 2.24) is 14.1 Å². The van der Waals surface area contributed by atoms with Gasteiger partial charge in [-0.05, 0) is 46.5 Å². The number of nitrogens with zero attached hydrogens (tertiary/aromatic N) is 3. The molecule has 3 nitrogen and oxygen atoms in total. The number of hydrogen-bond donors (Lipinski definition) is 0. The average molecular weight is 510 g/mol. The van der Waals surface area contributed by atoms with Crippen molar-refractivity contribution in [1.29, 1.82) is 0 Å². The first-order valence-corrected chi connectivity index (χ1v) is 13.6. The van der Waals surface area contributed by atoms with Crippen molar-refractivity contribution in [3.8, 4) is 11.4 Å². The van der Waals surface area contributed by atoms with Gasteiger partial charge in [-0.2, -0.15) is 0 Å². The van der Waals surface area contributed by atoms with Crippen LogP contribution < -0.4 is 0 Å². The predicted molar refractivity (Wildman–Crippen MR) is 168 cm³/mol. The number of pyridine rings is 1. The highest BCUT2D eigenvalue weighted by Gasteiger charge is 2.20. The van der Waals surface area contributed by atoms with Crippen molar-refractivity contribution in [3.05, 3.63) is 140 Å². The Morgan fingerprint density at radius 3 is 2.00 bits per heavy atom. The van der Waals surface area contributed by atoms with Gasteiger partial charge < -0.3 is 9.13 Å². The molecule has 0 radical (unpaired) electrons. The first kappa shape index (κ1) is 21.5. The Hall–Kier alpha value is -5.41. The molecular formula is C37H23N3. The molecular weight excluding hydrogens is 486 g/mol. The zero-order valence-corrected chi connectivity index (χ0v) is 21.6. The van der Waals surface area contributed by atoms with Crippen LogP contribution in [0.15, 0.2) is 140 Å². The fraction of sp³-hybridized carbons (Fsp3) is 0. The minimum atomic E-state index is 1.10. The maximum atomic E-state index is 4.66. The summed E-state index contributed by atoms with van der Waals surface area (Å²) in [5.74, 6) is 0. The van der Waals surface area contributed by atoms with E-state index in [4.69, 9.17) is 0 Å². The molecule has 0 aliphatic rings. The molecule has 0 N–H and O–H groups in total. The SMILES string of the molecule is c1ccc(-n2ccc3ccc4c(ccc5c4c4c6ccccc6ccc4n5-c4cncc5ccccc45)c32)cc1. The first-order valence-electron chi connectivity index (χ1n) is 13.6. The molecule has 186 valence electrons. The molecule has 0 fully saturated rings. The molecule has 0 unspecified atom stereocenters. The van der Waals surface area contributed by atoms with Gasteiger partial charge in [-0.1, -0.05) is 91.0 Å².